The van der Waals surface area contributed by atoms with Crippen molar-refractivity contribution < 1.29 is 14.0 Å². The summed E-state index contributed by atoms with van der Waals surface area (Å²) in [5.41, 5.74) is 0.891. The van der Waals surface area contributed by atoms with Gasteiger partial charge in [-0.05, 0) is 23.8 Å². The molecule has 0 aliphatic carbocycles. The third kappa shape index (κ3) is 3.79. The molecule has 92 valence electrons. The molecular formula is C13H17ClNO2+. The summed E-state index contributed by atoms with van der Waals surface area (Å²) in [6.07, 6.45) is 3.72. The molecule has 0 fully saturated rings. The Kier molecular flexibility index (Phi) is 5.04. The summed E-state index contributed by atoms with van der Waals surface area (Å²) in [7, 11) is 7.09. The Bertz CT molecular complexity index is 449. The maximum Gasteiger partial charge on any atom is 0.164 e. The predicted molar refractivity (Wildman–Crippen MR) is 71.5 cm³/mol. The zero-order valence-electron chi connectivity index (χ0n) is 10.5. The number of allylic oxidation sites excluding steroid dienone is 1. The van der Waals surface area contributed by atoms with Crippen LogP contribution in [0.15, 0.2) is 24.3 Å². The molecule has 0 saturated heterocycles. The van der Waals surface area contributed by atoms with Crippen molar-refractivity contribution in [1.29, 1.82) is 0 Å². The highest BCUT2D eigenvalue weighted by Crippen LogP contribution is 2.31. The Morgan fingerprint density at radius 3 is 2.35 bits per heavy atom. The SMILES string of the molecule is COc1ccc(/C(Cl)=C/C=[N+](C)C)cc1OC. The smallest absolute Gasteiger partial charge is 0.164 e. The van der Waals surface area contributed by atoms with E-state index in [0.717, 1.165) is 5.56 Å². The van der Waals surface area contributed by atoms with Crippen molar-refractivity contribution in [2.75, 3.05) is 28.3 Å². The topological polar surface area (TPSA) is 21.5 Å². The van der Waals surface area contributed by atoms with Gasteiger partial charge in [-0.1, -0.05) is 11.6 Å². The number of rotatable bonds is 4. The number of hydrogen-bond donors (Lipinski definition) is 0. The molecule has 3 nitrogen and oxygen atoms in total. The third-order valence-corrected chi connectivity index (χ3v) is 2.52. The lowest BCUT2D eigenvalue weighted by Gasteiger charge is -2.08. The second-order valence-electron chi connectivity index (χ2n) is 3.70. The molecule has 0 amide bonds. The quantitative estimate of drug-likeness (QED) is 0.609. The number of benzene rings is 1. The van der Waals surface area contributed by atoms with Crippen LogP contribution in [0, 0.1) is 0 Å². The Morgan fingerprint density at radius 2 is 1.82 bits per heavy atom. The lowest BCUT2D eigenvalue weighted by atomic mass is 10.2. The molecule has 0 bridgehead atoms. The average Bonchev–Trinajstić information content (AvgIpc) is 2.34. The van der Waals surface area contributed by atoms with E-state index in [4.69, 9.17) is 21.1 Å². The molecule has 0 atom stereocenters. The van der Waals surface area contributed by atoms with E-state index in [0.29, 0.717) is 16.5 Å². The van der Waals surface area contributed by atoms with Crippen molar-refractivity contribution in [2.45, 2.75) is 0 Å². The lowest BCUT2D eigenvalue weighted by molar-refractivity contribution is -0.458. The number of nitrogens with zero attached hydrogens (tertiary/aromatic N) is 1. The van der Waals surface area contributed by atoms with Crippen molar-refractivity contribution >= 4 is 22.8 Å². The molecule has 0 radical (unpaired) electrons. The van der Waals surface area contributed by atoms with Gasteiger partial charge in [-0.25, -0.2) is 4.58 Å². The van der Waals surface area contributed by atoms with Crippen LogP contribution in [0.3, 0.4) is 0 Å². The number of methoxy groups -OCH3 is 2. The maximum atomic E-state index is 6.18. The molecule has 0 heterocycles. The van der Waals surface area contributed by atoms with Gasteiger partial charge in [0, 0.05) is 6.08 Å². The zero-order chi connectivity index (χ0) is 12.8. The average molecular weight is 255 g/mol. The van der Waals surface area contributed by atoms with E-state index in [-0.39, 0.29) is 0 Å². The second kappa shape index (κ2) is 6.30. The summed E-state index contributed by atoms with van der Waals surface area (Å²) < 4.78 is 12.3. The van der Waals surface area contributed by atoms with Crippen LogP contribution in [0.25, 0.3) is 5.03 Å². The van der Waals surface area contributed by atoms with Gasteiger partial charge in [0.25, 0.3) is 0 Å². The molecule has 0 saturated carbocycles. The van der Waals surface area contributed by atoms with Gasteiger partial charge in [0.2, 0.25) is 0 Å². The van der Waals surface area contributed by atoms with Crippen LogP contribution in [0.1, 0.15) is 5.56 Å². The second-order valence-corrected chi connectivity index (χ2v) is 4.10. The summed E-state index contributed by atoms with van der Waals surface area (Å²) >= 11 is 6.18. The van der Waals surface area contributed by atoms with Gasteiger partial charge in [0.1, 0.15) is 14.1 Å². The van der Waals surface area contributed by atoms with Crippen LogP contribution in [0.2, 0.25) is 0 Å². The van der Waals surface area contributed by atoms with Gasteiger partial charge in [0.05, 0.1) is 19.3 Å². The third-order valence-electron chi connectivity index (χ3n) is 2.18. The summed E-state index contributed by atoms with van der Waals surface area (Å²) in [6, 6.07) is 5.57. The van der Waals surface area contributed by atoms with Crippen molar-refractivity contribution in [3.8, 4) is 11.5 Å². The van der Waals surface area contributed by atoms with Crippen LogP contribution >= 0.6 is 11.6 Å². The fourth-order valence-electron chi connectivity index (χ4n) is 1.30. The lowest BCUT2D eigenvalue weighted by Crippen LogP contribution is -1.96. The molecule has 0 aromatic heterocycles. The standard InChI is InChI=1S/C13H17ClNO2/c1-15(2)8-7-11(14)10-5-6-12(16-3)13(9-10)17-4/h5-9H,1-4H3/q+1/b11-7-. The van der Waals surface area contributed by atoms with Crippen LogP contribution in [0.4, 0.5) is 0 Å². The van der Waals surface area contributed by atoms with Gasteiger partial charge < -0.3 is 9.47 Å². The molecule has 0 N–H and O–H groups in total. The number of ether oxygens (including phenoxy) is 2. The van der Waals surface area contributed by atoms with E-state index in [9.17, 15) is 0 Å². The minimum Gasteiger partial charge on any atom is -0.493 e. The van der Waals surface area contributed by atoms with Crippen molar-refractivity contribution in [3.63, 3.8) is 0 Å². The Hall–Kier alpha value is -1.48. The predicted octanol–water partition coefficient (Wildman–Crippen LogP) is 2.63. The first kappa shape index (κ1) is 13.6. The van der Waals surface area contributed by atoms with Crippen LogP contribution in [-0.4, -0.2) is 39.1 Å². The molecule has 1 aromatic rings. The number of halogens is 1. The largest absolute Gasteiger partial charge is 0.493 e. The summed E-state index contributed by atoms with van der Waals surface area (Å²) in [5.74, 6) is 1.36. The molecule has 0 spiro atoms. The zero-order valence-corrected chi connectivity index (χ0v) is 11.3. The fraction of sp³-hybridized carbons (Fsp3) is 0.308. The van der Waals surface area contributed by atoms with Gasteiger partial charge in [-0.2, -0.15) is 0 Å². The van der Waals surface area contributed by atoms with E-state index in [1.54, 1.807) is 14.2 Å². The van der Waals surface area contributed by atoms with Crippen LogP contribution in [-0.2, 0) is 0 Å². The normalized spacial score (nSPS) is 11.0. The van der Waals surface area contributed by atoms with E-state index in [2.05, 4.69) is 0 Å². The molecule has 0 aliphatic rings. The molecule has 17 heavy (non-hydrogen) atoms. The van der Waals surface area contributed by atoms with Gasteiger partial charge in [-0.15, -0.1) is 0 Å². The highest BCUT2D eigenvalue weighted by molar-refractivity contribution is 6.49. The Balaban J connectivity index is 3.07. The summed E-state index contributed by atoms with van der Waals surface area (Å²) in [5, 5.41) is 0.652. The van der Waals surface area contributed by atoms with E-state index in [1.807, 2.05) is 49.2 Å². The van der Waals surface area contributed by atoms with E-state index < -0.39 is 0 Å². The van der Waals surface area contributed by atoms with Crippen molar-refractivity contribution in [1.82, 2.24) is 0 Å². The highest BCUT2D eigenvalue weighted by Gasteiger charge is 2.06. The minimum absolute atomic E-state index is 0.652. The van der Waals surface area contributed by atoms with Crippen molar-refractivity contribution in [2.24, 2.45) is 0 Å². The van der Waals surface area contributed by atoms with Crippen LogP contribution < -0.4 is 9.47 Å². The van der Waals surface area contributed by atoms with Gasteiger partial charge >= 0.3 is 0 Å². The first-order valence-electron chi connectivity index (χ1n) is 5.18. The molecular weight excluding hydrogens is 238 g/mol. The molecule has 1 aromatic carbocycles. The molecule has 4 heteroatoms. The minimum atomic E-state index is 0.652. The molecule has 0 aliphatic heterocycles. The number of hydrogen-bond acceptors (Lipinski definition) is 2. The van der Waals surface area contributed by atoms with Gasteiger partial charge in [-0.3, -0.25) is 0 Å². The Labute approximate surface area is 107 Å². The summed E-state index contributed by atoms with van der Waals surface area (Å²) in [6.45, 7) is 0. The van der Waals surface area contributed by atoms with Crippen LogP contribution in [0.5, 0.6) is 11.5 Å². The monoisotopic (exact) mass is 254 g/mol. The highest BCUT2D eigenvalue weighted by atomic mass is 35.5. The molecule has 0 unspecified atom stereocenters. The summed E-state index contributed by atoms with van der Waals surface area (Å²) in [4.78, 5) is 0. The Morgan fingerprint density at radius 1 is 1.18 bits per heavy atom. The molecule has 1 rings (SSSR count). The fourth-order valence-corrected chi connectivity index (χ4v) is 1.47. The van der Waals surface area contributed by atoms with E-state index >= 15 is 0 Å². The maximum absolute atomic E-state index is 6.18. The first-order chi connectivity index (χ1) is 8.08. The van der Waals surface area contributed by atoms with E-state index in [1.165, 1.54) is 0 Å². The van der Waals surface area contributed by atoms with Gasteiger partial charge in [0.15, 0.2) is 17.7 Å². The van der Waals surface area contributed by atoms with Crippen molar-refractivity contribution in [3.05, 3.63) is 29.8 Å². The first-order valence-corrected chi connectivity index (χ1v) is 5.55.